The summed E-state index contributed by atoms with van der Waals surface area (Å²) in [6, 6.07) is 21.1. The van der Waals surface area contributed by atoms with Gasteiger partial charge >= 0.3 is 0 Å². The van der Waals surface area contributed by atoms with Crippen molar-refractivity contribution >= 4 is 40.1 Å². The predicted octanol–water partition coefficient (Wildman–Crippen LogP) is 4.08. The van der Waals surface area contributed by atoms with Crippen molar-refractivity contribution in [1.82, 2.24) is 4.90 Å². The number of benzene rings is 3. The minimum atomic E-state index is -1.70. The van der Waals surface area contributed by atoms with E-state index < -0.39 is 22.8 Å². The number of carbonyl (C=O) groups is 2. The van der Waals surface area contributed by atoms with E-state index in [1.54, 1.807) is 53.4 Å². The van der Waals surface area contributed by atoms with Crippen molar-refractivity contribution in [2.75, 3.05) is 18.1 Å². The molecule has 0 saturated heterocycles. The number of halogens is 1. The Bertz CT molecular complexity index is 1610. The Kier molecular flexibility index (Phi) is 5.21. The maximum absolute atomic E-state index is 14.5. The third kappa shape index (κ3) is 2.93. The Hall–Kier alpha value is -3.94. The molecule has 1 atom stereocenters. The second-order valence-corrected chi connectivity index (χ2v) is 9.28. The van der Waals surface area contributed by atoms with Crippen molar-refractivity contribution < 1.29 is 19.1 Å². The first-order valence-electron chi connectivity index (χ1n) is 11.6. The van der Waals surface area contributed by atoms with Crippen LogP contribution in [-0.2, 0) is 16.9 Å². The number of aliphatic hydroxyl groups is 1. The highest BCUT2D eigenvalue weighted by Gasteiger charge is 2.64. The highest BCUT2D eigenvalue weighted by Crippen LogP contribution is 2.53. The summed E-state index contributed by atoms with van der Waals surface area (Å²) in [7, 11) is 0. The van der Waals surface area contributed by atoms with Crippen molar-refractivity contribution in [2.45, 2.75) is 18.5 Å². The minimum absolute atomic E-state index is 0.0169. The highest BCUT2D eigenvalue weighted by molar-refractivity contribution is 6.31. The number of hydrogen-bond acceptors (Lipinski definition) is 5. The molecule has 1 N–H and O–H groups in total. The Balaban J connectivity index is 1.65. The van der Waals surface area contributed by atoms with Gasteiger partial charge in [-0.1, -0.05) is 60.1 Å². The molecule has 0 saturated carbocycles. The lowest BCUT2D eigenvalue weighted by Gasteiger charge is -2.34. The standard InChI is InChI=1S/C28H21ClN2O5/c29-20-11-4-1-8-17(20)16-30-21-12-5-3-10-19(21)28(27(30)35)23-24(33)18-9-2-6-13-22(18)36-25(23)26(34)31(28)14-7-15-32/h1-6,8-13,32H,7,14-16H2. The zero-order valence-electron chi connectivity index (χ0n) is 19.1. The number of carbonyl (C=O) groups excluding carboxylic acids is 2. The number of anilines is 1. The average molecular weight is 501 g/mol. The summed E-state index contributed by atoms with van der Waals surface area (Å²) in [6.07, 6.45) is 0.231. The van der Waals surface area contributed by atoms with Crippen LogP contribution in [0.2, 0.25) is 5.02 Å². The van der Waals surface area contributed by atoms with E-state index in [-0.39, 0.29) is 43.0 Å². The van der Waals surface area contributed by atoms with E-state index in [0.29, 0.717) is 21.7 Å². The van der Waals surface area contributed by atoms with E-state index in [1.165, 1.54) is 4.90 Å². The molecule has 180 valence electrons. The first-order valence-corrected chi connectivity index (χ1v) is 12.0. The predicted molar refractivity (Wildman–Crippen MR) is 135 cm³/mol. The molecule has 2 aliphatic heterocycles. The molecule has 3 heterocycles. The van der Waals surface area contributed by atoms with Crippen molar-refractivity contribution in [2.24, 2.45) is 0 Å². The quantitative estimate of drug-likeness (QED) is 0.446. The monoisotopic (exact) mass is 500 g/mol. The van der Waals surface area contributed by atoms with Crippen LogP contribution in [0.4, 0.5) is 5.69 Å². The normalized spacial score (nSPS) is 18.4. The fourth-order valence-electron chi connectivity index (χ4n) is 5.42. The molecule has 4 aromatic rings. The number of nitrogens with zero attached hydrogens (tertiary/aromatic N) is 2. The summed E-state index contributed by atoms with van der Waals surface area (Å²) in [5, 5.41) is 10.4. The van der Waals surface area contributed by atoms with Gasteiger partial charge < -0.3 is 19.3 Å². The van der Waals surface area contributed by atoms with Crippen LogP contribution in [0.5, 0.6) is 0 Å². The van der Waals surface area contributed by atoms with Gasteiger partial charge in [-0.15, -0.1) is 0 Å². The fourth-order valence-corrected chi connectivity index (χ4v) is 5.62. The summed E-state index contributed by atoms with van der Waals surface area (Å²) < 4.78 is 5.98. The van der Waals surface area contributed by atoms with Crippen LogP contribution in [-0.4, -0.2) is 35.0 Å². The molecule has 2 amide bonds. The molecule has 0 bridgehead atoms. The molecule has 3 aromatic carbocycles. The maximum Gasteiger partial charge on any atom is 0.291 e. The van der Waals surface area contributed by atoms with Crippen LogP contribution in [0, 0.1) is 0 Å². The van der Waals surface area contributed by atoms with Gasteiger partial charge in [-0.25, -0.2) is 0 Å². The van der Waals surface area contributed by atoms with E-state index >= 15 is 0 Å². The van der Waals surface area contributed by atoms with Gasteiger partial charge in [0.15, 0.2) is 11.0 Å². The second kappa shape index (κ2) is 8.33. The van der Waals surface area contributed by atoms with Gasteiger partial charge in [0, 0.05) is 23.7 Å². The summed E-state index contributed by atoms with van der Waals surface area (Å²) in [6.45, 7) is 0.0433. The SMILES string of the molecule is O=C1c2oc3ccccc3c(=O)c2C2(C(=O)N(Cc3ccccc3Cl)c3ccccc32)N1CCCO. The topological polar surface area (TPSA) is 91.1 Å². The Labute approximate surface area is 211 Å². The van der Waals surface area contributed by atoms with Crippen molar-refractivity contribution in [1.29, 1.82) is 0 Å². The van der Waals surface area contributed by atoms with Crippen molar-refractivity contribution in [3.8, 4) is 0 Å². The summed E-state index contributed by atoms with van der Waals surface area (Å²) in [5.74, 6) is -1.13. The first-order chi connectivity index (χ1) is 17.5. The number of amides is 2. The molecule has 7 nitrogen and oxygen atoms in total. The third-order valence-electron chi connectivity index (χ3n) is 6.97. The highest BCUT2D eigenvalue weighted by atomic mass is 35.5. The number of rotatable bonds is 5. The van der Waals surface area contributed by atoms with Gasteiger partial charge in [-0.2, -0.15) is 0 Å². The van der Waals surface area contributed by atoms with Crippen molar-refractivity contribution in [3.05, 3.63) is 110 Å². The Morgan fingerprint density at radius 1 is 0.917 bits per heavy atom. The van der Waals surface area contributed by atoms with Gasteiger partial charge in [0.25, 0.3) is 11.8 Å². The number of hydrogen-bond donors (Lipinski definition) is 1. The van der Waals surface area contributed by atoms with Gasteiger partial charge in [0.2, 0.25) is 5.76 Å². The second-order valence-electron chi connectivity index (χ2n) is 8.88. The Morgan fingerprint density at radius 3 is 2.44 bits per heavy atom. The lowest BCUT2D eigenvalue weighted by molar-refractivity contribution is -0.126. The van der Waals surface area contributed by atoms with Gasteiger partial charge in [0.05, 0.1) is 23.2 Å². The van der Waals surface area contributed by atoms with Crippen LogP contribution < -0.4 is 10.3 Å². The molecule has 6 rings (SSSR count). The van der Waals surface area contributed by atoms with Crippen LogP contribution in [0.3, 0.4) is 0 Å². The molecule has 8 heteroatoms. The largest absolute Gasteiger partial charge is 0.450 e. The number of para-hydroxylation sites is 2. The first kappa shape index (κ1) is 22.5. The Morgan fingerprint density at radius 2 is 1.64 bits per heavy atom. The van der Waals surface area contributed by atoms with E-state index in [1.807, 2.05) is 24.3 Å². The van der Waals surface area contributed by atoms with Gasteiger partial charge in [0.1, 0.15) is 5.58 Å². The van der Waals surface area contributed by atoms with E-state index in [4.69, 9.17) is 16.0 Å². The molecular weight excluding hydrogens is 480 g/mol. The van der Waals surface area contributed by atoms with Crippen molar-refractivity contribution in [3.63, 3.8) is 0 Å². The molecule has 2 aliphatic rings. The fraction of sp³-hybridized carbons (Fsp3) is 0.179. The van der Waals surface area contributed by atoms with Crippen LogP contribution >= 0.6 is 11.6 Å². The summed E-state index contributed by atoms with van der Waals surface area (Å²) in [5.41, 5.74) is 0.0121. The molecular formula is C28H21ClN2O5. The lowest BCUT2D eigenvalue weighted by Crippen LogP contribution is -2.53. The zero-order valence-corrected chi connectivity index (χ0v) is 19.9. The number of aliphatic hydroxyl groups excluding tert-OH is 1. The van der Waals surface area contributed by atoms with Crippen LogP contribution in [0.25, 0.3) is 11.0 Å². The van der Waals surface area contributed by atoms with E-state index in [0.717, 1.165) is 5.56 Å². The molecule has 1 spiro atoms. The van der Waals surface area contributed by atoms with Crippen LogP contribution in [0.1, 0.15) is 33.7 Å². The molecule has 1 aromatic heterocycles. The van der Waals surface area contributed by atoms with E-state index in [9.17, 15) is 19.5 Å². The summed E-state index contributed by atoms with van der Waals surface area (Å²) in [4.78, 5) is 45.2. The zero-order chi connectivity index (χ0) is 25.0. The lowest BCUT2D eigenvalue weighted by atomic mass is 9.84. The minimum Gasteiger partial charge on any atom is -0.450 e. The molecule has 36 heavy (non-hydrogen) atoms. The smallest absolute Gasteiger partial charge is 0.291 e. The molecule has 0 radical (unpaired) electrons. The molecule has 0 aliphatic carbocycles. The molecule has 1 unspecified atom stereocenters. The van der Waals surface area contributed by atoms with Crippen LogP contribution in [0.15, 0.2) is 82.0 Å². The summed E-state index contributed by atoms with van der Waals surface area (Å²) >= 11 is 6.43. The third-order valence-corrected chi connectivity index (χ3v) is 7.34. The van der Waals surface area contributed by atoms with Gasteiger partial charge in [-0.3, -0.25) is 14.4 Å². The average Bonchev–Trinajstić information content (AvgIpc) is 3.29. The number of fused-ring (bicyclic) bond motifs is 5. The maximum atomic E-state index is 14.5. The van der Waals surface area contributed by atoms with Gasteiger partial charge in [-0.05, 0) is 36.2 Å². The van der Waals surface area contributed by atoms with E-state index in [2.05, 4.69) is 0 Å². The molecule has 0 fully saturated rings.